The number of aromatic nitrogens is 1. The SMILES string of the molecule is O=C(OCc1ccc(Cl)nc1)C1(c2ccc(Cl)cc2)CC1. The van der Waals surface area contributed by atoms with E-state index in [1.54, 1.807) is 30.5 Å². The molecule has 0 saturated heterocycles. The van der Waals surface area contributed by atoms with Crippen molar-refractivity contribution < 1.29 is 9.53 Å². The van der Waals surface area contributed by atoms with Crippen LogP contribution in [0, 0.1) is 0 Å². The Balaban J connectivity index is 1.67. The molecule has 1 fully saturated rings. The number of carbonyl (C=O) groups excluding carboxylic acids is 1. The molecular weight excluding hydrogens is 309 g/mol. The monoisotopic (exact) mass is 321 g/mol. The van der Waals surface area contributed by atoms with Crippen LogP contribution in [-0.2, 0) is 21.6 Å². The van der Waals surface area contributed by atoms with Crippen molar-refractivity contribution in [3.8, 4) is 0 Å². The van der Waals surface area contributed by atoms with E-state index in [0.29, 0.717) is 10.2 Å². The van der Waals surface area contributed by atoms with Gasteiger partial charge in [0.25, 0.3) is 0 Å². The van der Waals surface area contributed by atoms with Gasteiger partial charge in [0.15, 0.2) is 0 Å². The first-order chi connectivity index (χ1) is 10.1. The van der Waals surface area contributed by atoms with Gasteiger partial charge in [-0.15, -0.1) is 0 Å². The molecule has 108 valence electrons. The van der Waals surface area contributed by atoms with Gasteiger partial charge < -0.3 is 4.74 Å². The molecule has 3 rings (SSSR count). The van der Waals surface area contributed by atoms with Gasteiger partial charge in [-0.25, -0.2) is 4.98 Å². The number of hydrogen-bond acceptors (Lipinski definition) is 3. The smallest absolute Gasteiger partial charge is 0.316 e. The minimum atomic E-state index is -0.496. The highest BCUT2D eigenvalue weighted by molar-refractivity contribution is 6.30. The summed E-state index contributed by atoms with van der Waals surface area (Å²) in [6.07, 6.45) is 3.23. The average Bonchev–Trinajstić information content (AvgIpc) is 3.29. The fourth-order valence-corrected chi connectivity index (χ4v) is 2.52. The highest BCUT2D eigenvalue weighted by Crippen LogP contribution is 2.49. The second kappa shape index (κ2) is 5.66. The summed E-state index contributed by atoms with van der Waals surface area (Å²) >= 11 is 11.6. The highest BCUT2D eigenvalue weighted by Gasteiger charge is 2.52. The number of carbonyl (C=O) groups is 1. The molecule has 1 aromatic carbocycles. The van der Waals surface area contributed by atoms with Crippen LogP contribution in [0.3, 0.4) is 0 Å². The molecule has 1 saturated carbocycles. The van der Waals surface area contributed by atoms with Crippen LogP contribution < -0.4 is 0 Å². The summed E-state index contributed by atoms with van der Waals surface area (Å²) in [5.74, 6) is -0.195. The topological polar surface area (TPSA) is 39.2 Å². The molecule has 1 aliphatic carbocycles. The van der Waals surface area contributed by atoms with Gasteiger partial charge in [-0.1, -0.05) is 41.4 Å². The normalized spacial score (nSPS) is 15.5. The quantitative estimate of drug-likeness (QED) is 0.627. The summed E-state index contributed by atoms with van der Waals surface area (Å²) in [6, 6.07) is 10.9. The Bertz CT molecular complexity index is 649. The van der Waals surface area contributed by atoms with E-state index in [2.05, 4.69) is 4.98 Å². The van der Waals surface area contributed by atoms with Crippen LogP contribution >= 0.6 is 23.2 Å². The molecule has 2 aromatic rings. The number of hydrogen-bond donors (Lipinski definition) is 0. The number of nitrogens with zero attached hydrogens (tertiary/aromatic N) is 1. The van der Waals surface area contributed by atoms with Crippen molar-refractivity contribution in [2.75, 3.05) is 0 Å². The summed E-state index contributed by atoms with van der Waals surface area (Å²) in [5, 5.41) is 1.08. The molecule has 0 spiro atoms. The van der Waals surface area contributed by atoms with Gasteiger partial charge >= 0.3 is 5.97 Å². The fraction of sp³-hybridized carbons (Fsp3) is 0.250. The Morgan fingerprint density at radius 3 is 2.43 bits per heavy atom. The summed E-state index contributed by atoms with van der Waals surface area (Å²) in [7, 11) is 0. The van der Waals surface area contributed by atoms with Crippen LogP contribution in [0.15, 0.2) is 42.6 Å². The van der Waals surface area contributed by atoms with Crippen LogP contribution in [0.2, 0.25) is 10.2 Å². The van der Waals surface area contributed by atoms with E-state index in [1.165, 1.54) is 0 Å². The van der Waals surface area contributed by atoms with Crippen molar-refractivity contribution in [1.29, 1.82) is 0 Å². The molecule has 1 heterocycles. The number of esters is 1. The molecule has 0 radical (unpaired) electrons. The van der Waals surface area contributed by atoms with E-state index < -0.39 is 5.41 Å². The zero-order valence-corrected chi connectivity index (χ0v) is 12.7. The van der Waals surface area contributed by atoms with Gasteiger partial charge in [0.2, 0.25) is 0 Å². The summed E-state index contributed by atoms with van der Waals surface area (Å²) in [5.41, 5.74) is 1.29. The third kappa shape index (κ3) is 3.04. The van der Waals surface area contributed by atoms with E-state index in [4.69, 9.17) is 27.9 Å². The van der Waals surface area contributed by atoms with E-state index >= 15 is 0 Å². The van der Waals surface area contributed by atoms with E-state index in [-0.39, 0.29) is 12.6 Å². The number of halogens is 2. The Morgan fingerprint density at radius 2 is 1.86 bits per heavy atom. The van der Waals surface area contributed by atoms with Gasteiger partial charge in [0, 0.05) is 16.8 Å². The molecule has 1 aromatic heterocycles. The first kappa shape index (κ1) is 14.4. The third-order valence-corrected chi connectivity index (χ3v) is 4.17. The van der Waals surface area contributed by atoms with Crippen molar-refractivity contribution in [2.45, 2.75) is 24.9 Å². The third-order valence-electron chi connectivity index (χ3n) is 3.70. The average molecular weight is 322 g/mol. The van der Waals surface area contributed by atoms with Crippen LogP contribution in [-0.4, -0.2) is 11.0 Å². The van der Waals surface area contributed by atoms with Gasteiger partial charge in [0.05, 0.1) is 5.41 Å². The molecular formula is C16H13Cl2NO2. The number of ether oxygens (including phenoxy) is 1. The molecule has 0 aliphatic heterocycles. The molecule has 0 amide bonds. The molecule has 21 heavy (non-hydrogen) atoms. The van der Waals surface area contributed by atoms with E-state index in [1.807, 2.05) is 12.1 Å². The zero-order chi connectivity index (χ0) is 14.9. The molecule has 5 heteroatoms. The first-order valence-electron chi connectivity index (χ1n) is 6.64. The molecule has 3 nitrogen and oxygen atoms in total. The molecule has 0 atom stereocenters. The Labute approximate surface area is 132 Å². The van der Waals surface area contributed by atoms with Crippen LogP contribution in [0.5, 0.6) is 0 Å². The first-order valence-corrected chi connectivity index (χ1v) is 7.39. The minimum Gasteiger partial charge on any atom is -0.460 e. The van der Waals surface area contributed by atoms with Crippen LogP contribution in [0.1, 0.15) is 24.0 Å². The lowest BCUT2D eigenvalue weighted by Crippen LogP contribution is -2.23. The molecule has 0 bridgehead atoms. The lowest BCUT2D eigenvalue weighted by atomic mass is 9.96. The predicted octanol–water partition coefficient (Wildman–Crippen LogP) is 4.16. The number of pyridine rings is 1. The molecule has 1 aliphatic rings. The van der Waals surface area contributed by atoms with E-state index in [0.717, 1.165) is 24.0 Å². The summed E-state index contributed by atoms with van der Waals surface area (Å²) in [6.45, 7) is 0.207. The van der Waals surface area contributed by atoms with Gasteiger partial charge in [0.1, 0.15) is 11.8 Å². The lowest BCUT2D eigenvalue weighted by Gasteiger charge is -2.15. The molecule has 0 N–H and O–H groups in total. The predicted molar refractivity (Wildman–Crippen MR) is 81.4 cm³/mol. The maximum Gasteiger partial charge on any atom is 0.316 e. The zero-order valence-electron chi connectivity index (χ0n) is 11.2. The van der Waals surface area contributed by atoms with E-state index in [9.17, 15) is 4.79 Å². The second-order valence-electron chi connectivity index (χ2n) is 5.15. The van der Waals surface area contributed by atoms with Gasteiger partial charge in [-0.2, -0.15) is 0 Å². The van der Waals surface area contributed by atoms with Crippen molar-refractivity contribution in [3.05, 3.63) is 63.9 Å². The Hall–Kier alpha value is -1.58. The second-order valence-corrected chi connectivity index (χ2v) is 5.98. The summed E-state index contributed by atoms with van der Waals surface area (Å²) in [4.78, 5) is 16.3. The largest absolute Gasteiger partial charge is 0.460 e. The van der Waals surface area contributed by atoms with Crippen LogP contribution in [0.4, 0.5) is 0 Å². The maximum absolute atomic E-state index is 12.4. The Kier molecular flexibility index (Phi) is 3.87. The number of benzene rings is 1. The Morgan fingerprint density at radius 1 is 1.14 bits per heavy atom. The fourth-order valence-electron chi connectivity index (χ4n) is 2.28. The van der Waals surface area contributed by atoms with Crippen molar-refractivity contribution in [1.82, 2.24) is 4.98 Å². The van der Waals surface area contributed by atoms with Gasteiger partial charge in [-0.3, -0.25) is 4.79 Å². The lowest BCUT2D eigenvalue weighted by molar-refractivity contribution is -0.148. The number of rotatable bonds is 4. The van der Waals surface area contributed by atoms with Gasteiger partial charge in [-0.05, 0) is 36.6 Å². The molecule has 0 unspecified atom stereocenters. The minimum absolute atomic E-state index is 0.195. The van der Waals surface area contributed by atoms with Crippen LogP contribution in [0.25, 0.3) is 0 Å². The highest BCUT2D eigenvalue weighted by atomic mass is 35.5. The van der Waals surface area contributed by atoms with Crippen molar-refractivity contribution in [2.24, 2.45) is 0 Å². The standard InChI is InChI=1S/C16H13Cl2NO2/c17-13-4-2-12(3-5-13)16(7-8-16)15(20)21-10-11-1-6-14(18)19-9-11/h1-6,9H,7-8,10H2. The maximum atomic E-state index is 12.4. The summed E-state index contributed by atoms with van der Waals surface area (Å²) < 4.78 is 5.42. The van der Waals surface area contributed by atoms with Crippen molar-refractivity contribution >= 4 is 29.2 Å². The van der Waals surface area contributed by atoms with Crippen molar-refractivity contribution in [3.63, 3.8) is 0 Å².